The van der Waals surface area contributed by atoms with Crippen LogP contribution in [0.2, 0.25) is 0 Å². The minimum Gasteiger partial charge on any atom is -0.346 e. The van der Waals surface area contributed by atoms with E-state index in [1.807, 2.05) is 31.2 Å². The largest absolute Gasteiger partial charge is 0.346 e. The van der Waals surface area contributed by atoms with Crippen molar-refractivity contribution < 1.29 is 4.79 Å². The van der Waals surface area contributed by atoms with Gasteiger partial charge in [0, 0.05) is 22.5 Å². The second-order valence-corrected chi connectivity index (χ2v) is 5.44. The Hall–Kier alpha value is -1.42. The Morgan fingerprint density at radius 2 is 2.11 bits per heavy atom. The number of benzene rings is 1. The Bertz CT molecular complexity index is 588. The van der Waals surface area contributed by atoms with Gasteiger partial charge in [-0.3, -0.25) is 9.78 Å². The van der Waals surface area contributed by atoms with Crippen molar-refractivity contribution in [2.75, 3.05) is 5.33 Å². The van der Waals surface area contributed by atoms with E-state index in [0.29, 0.717) is 5.56 Å². The van der Waals surface area contributed by atoms with Gasteiger partial charge in [-0.15, -0.1) is 0 Å². The van der Waals surface area contributed by atoms with Gasteiger partial charge in [-0.1, -0.05) is 41.1 Å². The Balaban J connectivity index is 2.37. The SMILES string of the molecule is CCC(C)(CBr)NC(=O)c1ccnc2ccccc12. The molecule has 0 radical (unpaired) electrons. The average molecular weight is 321 g/mol. The lowest BCUT2D eigenvalue weighted by Crippen LogP contribution is -2.47. The van der Waals surface area contributed by atoms with Gasteiger partial charge in [0.05, 0.1) is 11.1 Å². The molecule has 3 nitrogen and oxygen atoms in total. The van der Waals surface area contributed by atoms with Crippen molar-refractivity contribution in [1.82, 2.24) is 10.3 Å². The summed E-state index contributed by atoms with van der Waals surface area (Å²) >= 11 is 3.46. The summed E-state index contributed by atoms with van der Waals surface area (Å²) in [5, 5.41) is 4.70. The molecule has 1 aromatic carbocycles. The highest BCUT2D eigenvalue weighted by Crippen LogP contribution is 2.18. The van der Waals surface area contributed by atoms with E-state index in [4.69, 9.17) is 0 Å². The van der Waals surface area contributed by atoms with Gasteiger partial charge in [0.2, 0.25) is 0 Å². The maximum absolute atomic E-state index is 12.4. The van der Waals surface area contributed by atoms with Crippen LogP contribution in [0.5, 0.6) is 0 Å². The highest BCUT2D eigenvalue weighted by atomic mass is 79.9. The molecule has 0 aliphatic carbocycles. The van der Waals surface area contributed by atoms with Gasteiger partial charge in [-0.05, 0) is 25.5 Å². The molecule has 2 aromatic rings. The van der Waals surface area contributed by atoms with E-state index in [1.165, 1.54) is 0 Å². The van der Waals surface area contributed by atoms with Crippen molar-refractivity contribution in [3.8, 4) is 0 Å². The van der Waals surface area contributed by atoms with Crippen molar-refractivity contribution in [3.05, 3.63) is 42.1 Å². The number of nitrogens with zero attached hydrogens (tertiary/aromatic N) is 1. The first-order chi connectivity index (χ1) is 9.09. The summed E-state index contributed by atoms with van der Waals surface area (Å²) in [4.78, 5) is 16.7. The minimum absolute atomic E-state index is 0.0533. The van der Waals surface area contributed by atoms with Gasteiger partial charge < -0.3 is 5.32 Å². The minimum atomic E-state index is -0.235. The first-order valence-electron chi connectivity index (χ1n) is 6.32. The molecule has 0 saturated carbocycles. The van der Waals surface area contributed by atoms with E-state index in [-0.39, 0.29) is 11.4 Å². The summed E-state index contributed by atoms with van der Waals surface area (Å²) in [6.45, 7) is 4.09. The van der Waals surface area contributed by atoms with Crippen LogP contribution in [0.25, 0.3) is 10.9 Å². The molecule has 4 heteroatoms. The number of hydrogen-bond donors (Lipinski definition) is 1. The number of para-hydroxylation sites is 1. The summed E-state index contributed by atoms with van der Waals surface area (Å²) in [6, 6.07) is 9.45. The lowest BCUT2D eigenvalue weighted by molar-refractivity contribution is 0.0915. The third-order valence-electron chi connectivity index (χ3n) is 3.38. The van der Waals surface area contributed by atoms with E-state index < -0.39 is 0 Å². The predicted octanol–water partition coefficient (Wildman–Crippen LogP) is 3.53. The fourth-order valence-electron chi connectivity index (χ4n) is 1.85. The van der Waals surface area contributed by atoms with Crippen LogP contribution >= 0.6 is 15.9 Å². The molecule has 1 N–H and O–H groups in total. The molecule has 0 bridgehead atoms. The number of halogens is 1. The molecule has 1 atom stereocenters. The Morgan fingerprint density at radius 3 is 2.79 bits per heavy atom. The quantitative estimate of drug-likeness (QED) is 0.876. The number of carbonyl (C=O) groups excluding carboxylic acids is 1. The normalized spacial score (nSPS) is 14.1. The number of fused-ring (bicyclic) bond motifs is 1. The Labute approximate surface area is 121 Å². The van der Waals surface area contributed by atoms with Crippen LogP contribution in [0.15, 0.2) is 36.5 Å². The number of amides is 1. The standard InChI is InChI=1S/C15H17BrN2O/c1-3-15(2,10-16)18-14(19)12-8-9-17-13-7-5-4-6-11(12)13/h4-9H,3,10H2,1-2H3,(H,18,19). The summed E-state index contributed by atoms with van der Waals surface area (Å²) in [6.07, 6.45) is 2.54. The van der Waals surface area contributed by atoms with E-state index in [9.17, 15) is 4.79 Å². The molecule has 1 aromatic heterocycles. The number of rotatable bonds is 4. The summed E-state index contributed by atoms with van der Waals surface area (Å²) in [7, 11) is 0. The van der Waals surface area contributed by atoms with Gasteiger partial charge in [0.1, 0.15) is 0 Å². The topological polar surface area (TPSA) is 42.0 Å². The number of hydrogen-bond acceptors (Lipinski definition) is 2. The number of alkyl halides is 1. The molecule has 0 saturated heterocycles. The predicted molar refractivity (Wildman–Crippen MR) is 81.7 cm³/mol. The maximum Gasteiger partial charge on any atom is 0.252 e. The van der Waals surface area contributed by atoms with Crippen LogP contribution in [0.4, 0.5) is 0 Å². The smallest absolute Gasteiger partial charge is 0.252 e. The molecule has 1 unspecified atom stereocenters. The van der Waals surface area contributed by atoms with Crippen LogP contribution in [-0.2, 0) is 0 Å². The molecule has 0 aliphatic rings. The lowest BCUT2D eigenvalue weighted by Gasteiger charge is -2.27. The molecule has 19 heavy (non-hydrogen) atoms. The summed E-state index contributed by atoms with van der Waals surface area (Å²) < 4.78 is 0. The van der Waals surface area contributed by atoms with E-state index in [0.717, 1.165) is 22.7 Å². The zero-order valence-corrected chi connectivity index (χ0v) is 12.7. The number of nitrogens with one attached hydrogen (secondary N) is 1. The van der Waals surface area contributed by atoms with Crippen LogP contribution in [0.3, 0.4) is 0 Å². The van der Waals surface area contributed by atoms with Crippen molar-refractivity contribution in [1.29, 1.82) is 0 Å². The zero-order chi connectivity index (χ0) is 13.9. The average Bonchev–Trinajstić information content (AvgIpc) is 2.46. The first kappa shape index (κ1) is 14.0. The van der Waals surface area contributed by atoms with Gasteiger partial charge in [0.15, 0.2) is 0 Å². The second kappa shape index (κ2) is 5.70. The molecular weight excluding hydrogens is 304 g/mol. The number of aromatic nitrogens is 1. The highest BCUT2D eigenvalue weighted by Gasteiger charge is 2.24. The second-order valence-electron chi connectivity index (χ2n) is 4.88. The molecular formula is C15H17BrN2O. The van der Waals surface area contributed by atoms with Crippen LogP contribution in [0, 0.1) is 0 Å². The van der Waals surface area contributed by atoms with E-state index >= 15 is 0 Å². The molecule has 1 heterocycles. The molecule has 100 valence electrons. The van der Waals surface area contributed by atoms with Crippen LogP contribution in [-0.4, -0.2) is 21.8 Å². The number of carbonyl (C=O) groups is 1. The third-order valence-corrected chi connectivity index (χ3v) is 4.62. The summed E-state index contributed by atoms with van der Waals surface area (Å²) in [5.74, 6) is -0.0533. The van der Waals surface area contributed by atoms with Crippen LogP contribution < -0.4 is 5.32 Å². The lowest BCUT2D eigenvalue weighted by atomic mass is 10.0. The van der Waals surface area contributed by atoms with Crippen molar-refractivity contribution in [2.45, 2.75) is 25.8 Å². The Kier molecular flexibility index (Phi) is 4.20. The van der Waals surface area contributed by atoms with Gasteiger partial charge in [0.25, 0.3) is 5.91 Å². The van der Waals surface area contributed by atoms with Gasteiger partial charge in [-0.2, -0.15) is 0 Å². The zero-order valence-electron chi connectivity index (χ0n) is 11.1. The fourth-order valence-corrected chi connectivity index (χ4v) is 2.39. The van der Waals surface area contributed by atoms with Crippen molar-refractivity contribution in [3.63, 3.8) is 0 Å². The fraction of sp³-hybridized carbons (Fsp3) is 0.333. The third kappa shape index (κ3) is 2.95. The van der Waals surface area contributed by atoms with Gasteiger partial charge >= 0.3 is 0 Å². The Morgan fingerprint density at radius 1 is 1.37 bits per heavy atom. The number of pyridine rings is 1. The highest BCUT2D eigenvalue weighted by molar-refractivity contribution is 9.09. The molecule has 2 rings (SSSR count). The van der Waals surface area contributed by atoms with E-state index in [1.54, 1.807) is 12.3 Å². The molecule has 1 amide bonds. The van der Waals surface area contributed by atoms with Crippen molar-refractivity contribution in [2.24, 2.45) is 0 Å². The first-order valence-corrected chi connectivity index (χ1v) is 7.44. The molecule has 0 spiro atoms. The summed E-state index contributed by atoms with van der Waals surface area (Å²) in [5.41, 5.74) is 1.28. The van der Waals surface area contributed by atoms with E-state index in [2.05, 4.69) is 33.2 Å². The monoisotopic (exact) mass is 320 g/mol. The van der Waals surface area contributed by atoms with Gasteiger partial charge in [-0.25, -0.2) is 0 Å². The maximum atomic E-state index is 12.4. The van der Waals surface area contributed by atoms with Crippen LogP contribution in [0.1, 0.15) is 30.6 Å². The molecule has 0 aliphatic heterocycles. The van der Waals surface area contributed by atoms with Crippen molar-refractivity contribution >= 4 is 32.7 Å². The molecule has 0 fully saturated rings.